The Labute approximate surface area is 156 Å². The van der Waals surface area contributed by atoms with E-state index in [9.17, 15) is 13.2 Å². The van der Waals surface area contributed by atoms with Crippen LogP contribution in [0, 0.1) is 0 Å². The third-order valence-corrected chi connectivity index (χ3v) is 5.23. The van der Waals surface area contributed by atoms with Crippen molar-refractivity contribution in [2.24, 2.45) is 0 Å². The highest BCUT2D eigenvalue weighted by Gasteiger charge is 2.31. The molecule has 1 aliphatic heterocycles. The van der Waals surface area contributed by atoms with Crippen LogP contribution in [-0.4, -0.2) is 42.7 Å². The van der Waals surface area contributed by atoms with Gasteiger partial charge >= 0.3 is 6.18 Å². The standard InChI is InChI=1S/C21H22F3N3/c1-25-9-11-26(12-10-25)20-15-27(14-16-5-3-2-4-6-16)19-13-17(21(22,23)24)7-8-18(19)20/h2-8,13,15H,9-12,14H2,1H3. The molecule has 3 nitrogen and oxygen atoms in total. The van der Waals surface area contributed by atoms with Gasteiger partial charge in [-0.2, -0.15) is 13.2 Å². The number of anilines is 1. The number of aromatic nitrogens is 1. The lowest BCUT2D eigenvalue weighted by molar-refractivity contribution is -0.137. The molecule has 0 bridgehead atoms. The fourth-order valence-electron chi connectivity index (χ4n) is 3.66. The maximum atomic E-state index is 13.3. The van der Waals surface area contributed by atoms with Gasteiger partial charge in [0.15, 0.2) is 0 Å². The molecule has 0 saturated carbocycles. The van der Waals surface area contributed by atoms with Gasteiger partial charge in [-0.1, -0.05) is 36.4 Å². The van der Waals surface area contributed by atoms with E-state index < -0.39 is 11.7 Å². The predicted molar refractivity (Wildman–Crippen MR) is 102 cm³/mol. The minimum absolute atomic E-state index is 0.548. The highest BCUT2D eigenvalue weighted by atomic mass is 19.4. The van der Waals surface area contributed by atoms with E-state index in [1.807, 2.05) is 41.1 Å². The van der Waals surface area contributed by atoms with Gasteiger partial charge in [0.2, 0.25) is 0 Å². The van der Waals surface area contributed by atoms with Gasteiger partial charge in [0, 0.05) is 44.3 Å². The van der Waals surface area contributed by atoms with Gasteiger partial charge in [-0.3, -0.25) is 0 Å². The fourth-order valence-corrected chi connectivity index (χ4v) is 3.66. The highest BCUT2D eigenvalue weighted by molar-refractivity contribution is 5.94. The quantitative estimate of drug-likeness (QED) is 0.672. The summed E-state index contributed by atoms with van der Waals surface area (Å²) in [5.74, 6) is 0. The molecule has 0 radical (unpaired) electrons. The van der Waals surface area contributed by atoms with Crippen molar-refractivity contribution in [1.29, 1.82) is 0 Å². The number of hydrogen-bond donors (Lipinski definition) is 0. The van der Waals surface area contributed by atoms with Gasteiger partial charge < -0.3 is 14.4 Å². The zero-order chi connectivity index (χ0) is 19.0. The first-order valence-electron chi connectivity index (χ1n) is 9.09. The second kappa shape index (κ2) is 6.93. The van der Waals surface area contributed by atoms with Crippen LogP contribution in [0.15, 0.2) is 54.7 Å². The molecule has 0 aliphatic carbocycles. The topological polar surface area (TPSA) is 11.4 Å². The van der Waals surface area contributed by atoms with Crippen LogP contribution in [0.4, 0.5) is 18.9 Å². The predicted octanol–water partition coefficient (Wildman–Crippen LogP) is 4.46. The molecule has 3 aromatic rings. The molecule has 27 heavy (non-hydrogen) atoms. The van der Waals surface area contributed by atoms with Gasteiger partial charge in [-0.05, 0) is 24.7 Å². The molecular formula is C21H22F3N3. The molecule has 1 aromatic heterocycles. The van der Waals surface area contributed by atoms with E-state index in [2.05, 4.69) is 16.8 Å². The lowest BCUT2D eigenvalue weighted by atomic mass is 10.1. The molecule has 0 N–H and O–H groups in total. The maximum absolute atomic E-state index is 13.3. The number of benzene rings is 2. The fraction of sp³-hybridized carbons (Fsp3) is 0.333. The largest absolute Gasteiger partial charge is 0.416 e. The summed E-state index contributed by atoms with van der Waals surface area (Å²) in [6.07, 6.45) is -2.34. The number of likely N-dealkylation sites (N-methyl/N-ethyl adjacent to an activating group) is 1. The van der Waals surface area contributed by atoms with Crippen LogP contribution >= 0.6 is 0 Å². The number of halogens is 3. The number of piperazine rings is 1. The average molecular weight is 373 g/mol. The van der Waals surface area contributed by atoms with E-state index in [1.165, 1.54) is 12.1 Å². The van der Waals surface area contributed by atoms with Crippen LogP contribution in [0.5, 0.6) is 0 Å². The zero-order valence-corrected chi connectivity index (χ0v) is 15.2. The molecule has 6 heteroatoms. The summed E-state index contributed by atoms with van der Waals surface area (Å²) in [6, 6.07) is 13.9. The summed E-state index contributed by atoms with van der Waals surface area (Å²) in [7, 11) is 2.09. The van der Waals surface area contributed by atoms with Crippen LogP contribution in [-0.2, 0) is 12.7 Å². The van der Waals surface area contributed by atoms with E-state index >= 15 is 0 Å². The molecule has 1 saturated heterocycles. The van der Waals surface area contributed by atoms with Crippen molar-refractivity contribution in [3.8, 4) is 0 Å². The third kappa shape index (κ3) is 3.67. The van der Waals surface area contributed by atoms with E-state index in [-0.39, 0.29) is 0 Å². The van der Waals surface area contributed by atoms with E-state index in [1.54, 1.807) is 6.07 Å². The van der Waals surface area contributed by atoms with Gasteiger partial charge in [-0.25, -0.2) is 0 Å². The molecule has 0 spiro atoms. The number of rotatable bonds is 3. The Morgan fingerprint density at radius 3 is 2.30 bits per heavy atom. The number of alkyl halides is 3. The summed E-state index contributed by atoms with van der Waals surface area (Å²) < 4.78 is 41.7. The number of hydrogen-bond acceptors (Lipinski definition) is 2. The summed E-state index contributed by atoms with van der Waals surface area (Å²) in [4.78, 5) is 4.54. The molecule has 2 aromatic carbocycles. The lowest BCUT2D eigenvalue weighted by Crippen LogP contribution is -2.44. The average Bonchev–Trinajstić information content (AvgIpc) is 3.00. The van der Waals surface area contributed by atoms with Crippen molar-refractivity contribution in [2.45, 2.75) is 12.7 Å². The van der Waals surface area contributed by atoms with Gasteiger partial charge in [0.1, 0.15) is 0 Å². The summed E-state index contributed by atoms with van der Waals surface area (Å²) in [5, 5.41) is 0.878. The smallest absolute Gasteiger partial charge is 0.367 e. The Bertz CT molecular complexity index is 923. The molecule has 0 amide bonds. The molecule has 0 unspecified atom stereocenters. The van der Waals surface area contributed by atoms with Gasteiger partial charge in [0.25, 0.3) is 0 Å². The van der Waals surface area contributed by atoms with Crippen molar-refractivity contribution < 1.29 is 13.2 Å². The Hall–Kier alpha value is -2.47. The normalized spacial score (nSPS) is 16.2. The molecule has 4 rings (SSSR count). The Balaban J connectivity index is 1.79. The monoisotopic (exact) mass is 373 g/mol. The van der Waals surface area contributed by atoms with Crippen molar-refractivity contribution >= 4 is 16.6 Å². The Morgan fingerprint density at radius 2 is 1.63 bits per heavy atom. The second-order valence-corrected chi connectivity index (χ2v) is 7.15. The summed E-state index contributed by atoms with van der Waals surface area (Å²) >= 11 is 0. The molecule has 142 valence electrons. The van der Waals surface area contributed by atoms with E-state index in [0.717, 1.165) is 42.8 Å². The van der Waals surface area contributed by atoms with Gasteiger partial charge in [0.05, 0.1) is 16.8 Å². The SMILES string of the molecule is CN1CCN(c2cn(Cc3ccccc3)c3cc(C(F)(F)F)ccc23)CC1. The van der Waals surface area contributed by atoms with E-state index in [4.69, 9.17) is 0 Å². The minimum atomic E-state index is -4.34. The highest BCUT2D eigenvalue weighted by Crippen LogP contribution is 2.36. The molecule has 1 aliphatic rings. The van der Waals surface area contributed by atoms with Crippen molar-refractivity contribution in [3.05, 3.63) is 65.9 Å². The first kappa shape index (κ1) is 17.9. The minimum Gasteiger partial charge on any atom is -0.367 e. The first-order chi connectivity index (χ1) is 12.9. The van der Waals surface area contributed by atoms with Crippen molar-refractivity contribution in [1.82, 2.24) is 9.47 Å². The van der Waals surface area contributed by atoms with Crippen LogP contribution in [0.1, 0.15) is 11.1 Å². The number of nitrogens with zero attached hydrogens (tertiary/aromatic N) is 3. The third-order valence-electron chi connectivity index (χ3n) is 5.23. The van der Waals surface area contributed by atoms with Crippen LogP contribution in [0.2, 0.25) is 0 Å². The number of fused-ring (bicyclic) bond motifs is 1. The summed E-state index contributed by atoms with van der Waals surface area (Å²) in [5.41, 5.74) is 2.11. The Kier molecular flexibility index (Phi) is 4.60. The van der Waals surface area contributed by atoms with Crippen LogP contribution < -0.4 is 4.90 Å². The first-order valence-corrected chi connectivity index (χ1v) is 9.09. The van der Waals surface area contributed by atoms with E-state index in [0.29, 0.717) is 12.1 Å². The molecule has 2 heterocycles. The van der Waals surface area contributed by atoms with Crippen LogP contribution in [0.25, 0.3) is 10.9 Å². The molecule has 0 atom stereocenters. The zero-order valence-electron chi connectivity index (χ0n) is 15.2. The Morgan fingerprint density at radius 1 is 0.926 bits per heavy atom. The lowest BCUT2D eigenvalue weighted by Gasteiger charge is -2.33. The summed E-state index contributed by atoms with van der Waals surface area (Å²) in [6.45, 7) is 4.20. The van der Waals surface area contributed by atoms with Crippen LogP contribution in [0.3, 0.4) is 0 Å². The van der Waals surface area contributed by atoms with Gasteiger partial charge in [-0.15, -0.1) is 0 Å². The molecule has 1 fully saturated rings. The van der Waals surface area contributed by atoms with Crippen molar-refractivity contribution in [2.75, 3.05) is 38.1 Å². The van der Waals surface area contributed by atoms with Crippen molar-refractivity contribution in [3.63, 3.8) is 0 Å². The second-order valence-electron chi connectivity index (χ2n) is 7.15. The molecular weight excluding hydrogens is 351 g/mol. The maximum Gasteiger partial charge on any atom is 0.416 e.